The number of hydrogen-bond donors (Lipinski definition) is 1. The molecule has 1 saturated heterocycles. The summed E-state index contributed by atoms with van der Waals surface area (Å²) in [5.41, 5.74) is 5.94. The van der Waals surface area contributed by atoms with E-state index < -0.39 is 12.5 Å². The number of piperidine rings is 1. The van der Waals surface area contributed by atoms with Gasteiger partial charge in [-0.2, -0.15) is 0 Å². The van der Waals surface area contributed by atoms with E-state index in [2.05, 4.69) is 9.64 Å². The molecule has 0 bridgehead atoms. The van der Waals surface area contributed by atoms with Gasteiger partial charge in [-0.1, -0.05) is 0 Å². The van der Waals surface area contributed by atoms with Gasteiger partial charge in [-0.25, -0.2) is 0 Å². The van der Waals surface area contributed by atoms with Crippen molar-refractivity contribution < 1.29 is 27.4 Å². The molecule has 0 radical (unpaired) electrons. The Morgan fingerprint density at radius 2 is 1.95 bits per heavy atom. The summed E-state index contributed by atoms with van der Waals surface area (Å²) in [6.45, 7) is 2.92. The first kappa shape index (κ1) is 17.0. The van der Waals surface area contributed by atoms with E-state index in [1.165, 1.54) is 0 Å². The second kappa shape index (κ2) is 7.23. The van der Waals surface area contributed by atoms with Crippen LogP contribution in [0.25, 0.3) is 0 Å². The van der Waals surface area contributed by atoms with Crippen molar-refractivity contribution in [2.75, 3.05) is 33.4 Å². The van der Waals surface area contributed by atoms with Gasteiger partial charge in [0.05, 0.1) is 24.9 Å². The first-order valence-corrected chi connectivity index (χ1v) is 7.24. The van der Waals surface area contributed by atoms with Crippen LogP contribution in [0.3, 0.4) is 0 Å². The van der Waals surface area contributed by atoms with Crippen molar-refractivity contribution >= 4 is 0 Å². The lowest BCUT2D eigenvalue weighted by Gasteiger charge is -2.37. The van der Waals surface area contributed by atoms with Crippen molar-refractivity contribution in [3.05, 3.63) is 0 Å². The van der Waals surface area contributed by atoms with Crippen molar-refractivity contribution in [1.82, 2.24) is 4.90 Å². The summed E-state index contributed by atoms with van der Waals surface area (Å²) >= 11 is 0. The molecule has 2 rings (SSSR count). The van der Waals surface area contributed by atoms with Gasteiger partial charge >= 0.3 is 6.36 Å². The van der Waals surface area contributed by atoms with Crippen molar-refractivity contribution in [3.8, 4) is 0 Å². The number of likely N-dealkylation sites (tertiary alicyclic amines) is 1. The van der Waals surface area contributed by atoms with Gasteiger partial charge in [0.1, 0.15) is 0 Å². The maximum Gasteiger partial charge on any atom is 0.522 e. The Kier molecular flexibility index (Phi) is 5.84. The molecule has 2 aliphatic rings. The Balaban J connectivity index is 1.55. The Morgan fingerprint density at radius 1 is 1.24 bits per heavy atom. The predicted octanol–water partition coefficient (Wildman–Crippen LogP) is 1.12. The topological polar surface area (TPSA) is 57.0 Å². The van der Waals surface area contributed by atoms with E-state index in [0.29, 0.717) is 19.4 Å². The van der Waals surface area contributed by atoms with Crippen LogP contribution in [0.5, 0.6) is 0 Å². The maximum absolute atomic E-state index is 12.0. The zero-order valence-electron chi connectivity index (χ0n) is 12.1. The number of ether oxygens (including phenoxy) is 3. The van der Waals surface area contributed by atoms with E-state index in [1.54, 1.807) is 7.11 Å². The highest BCUT2D eigenvalue weighted by molar-refractivity contribution is 4.84. The highest BCUT2D eigenvalue weighted by Gasteiger charge is 2.40. The molecular weight excluding hydrogens is 289 g/mol. The SMILES string of the molecule is CO[C@@H]1CN(CCO[C@H]2C[C@@H](OC(F)(F)F)C2)CC[C@H]1N. The van der Waals surface area contributed by atoms with Crippen LogP contribution in [0, 0.1) is 0 Å². The number of nitrogens with two attached hydrogens (primary N) is 1. The summed E-state index contributed by atoms with van der Waals surface area (Å²) < 4.78 is 50.7. The molecule has 0 aromatic carbocycles. The number of rotatable bonds is 6. The number of hydrogen-bond acceptors (Lipinski definition) is 5. The number of halogens is 3. The Hall–Kier alpha value is -0.410. The molecular formula is C13H23F3N2O3. The fraction of sp³-hybridized carbons (Fsp3) is 1.00. The molecule has 0 unspecified atom stereocenters. The van der Waals surface area contributed by atoms with Gasteiger partial charge in [-0.15, -0.1) is 13.2 Å². The van der Waals surface area contributed by atoms with Crippen molar-refractivity contribution in [2.24, 2.45) is 5.73 Å². The maximum atomic E-state index is 12.0. The average molecular weight is 312 g/mol. The summed E-state index contributed by atoms with van der Waals surface area (Å²) in [6.07, 6.45) is -3.88. The van der Waals surface area contributed by atoms with Gasteiger partial charge < -0.3 is 15.2 Å². The van der Waals surface area contributed by atoms with Crippen LogP contribution in [-0.2, 0) is 14.2 Å². The minimum Gasteiger partial charge on any atom is -0.379 e. The third-order valence-electron chi connectivity index (χ3n) is 4.11. The van der Waals surface area contributed by atoms with Crippen LogP contribution in [0.2, 0.25) is 0 Å². The summed E-state index contributed by atoms with van der Waals surface area (Å²) in [7, 11) is 1.65. The monoisotopic (exact) mass is 312 g/mol. The predicted molar refractivity (Wildman–Crippen MR) is 69.7 cm³/mol. The van der Waals surface area contributed by atoms with E-state index in [9.17, 15) is 13.2 Å². The fourth-order valence-corrected chi connectivity index (χ4v) is 2.74. The van der Waals surface area contributed by atoms with E-state index in [0.717, 1.165) is 26.1 Å². The zero-order valence-corrected chi connectivity index (χ0v) is 12.1. The van der Waals surface area contributed by atoms with E-state index >= 15 is 0 Å². The Bertz CT molecular complexity index is 324. The normalized spacial score (nSPS) is 34.7. The lowest BCUT2D eigenvalue weighted by atomic mass is 9.92. The molecule has 0 spiro atoms. The molecule has 2 atom stereocenters. The minimum absolute atomic E-state index is 0.0343. The van der Waals surface area contributed by atoms with Crippen molar-refractivity contribution in [3.63, 3.8) is 0 Å². The Labute approximate surface area is 122 Å². The third kappa shape index (κ3) is 5.37. The Morgan fingerprint density at radius 3 is 2.57 bits per heavy atom. The lowest BCUT2D eigenvalue weighted by molar-refractivity contribution is -0.357. The van der Waals surface area contributed by atoms with Crippen LogP contribution in [0.15, 0.2) is 0 Å². The smallest absolute Gasteiger partial charge is 0.379 e. The van der Waals surface area contributed by atoms with Gasteiger partial charge in [0.25, 0.3) is 0 Å². The molecule has 2 fully saturated rings. The van der Waals surface area contributed by atoms with Crippen LogP contribution in [0.4, 0.5) is 13.2 Å². The highest BCUT2D eigenvalue weighted by Crippen LogP contribution is 2.32. The van der Waals surface area contributed by atoms with Gasteiger partial charge in [0.15, 0.2) is 0 Å². The summed E-state index contributed by atoms with van der Waals surface area (Å²) in [4.78, 5) is 2.21. The van der Waals surface area contributed by atoms with Crippen LogP contribution >= 0.6 is 0 Å². The molecule has 1 heterocycles. The quantitative estimate of drug-likeness (QED) is 0.796. The minimum atomic E-state index is -4.54. The van der Waals surface area contributed by atoms with Gasteiger partial charge in [0.2, 0.25) is 0 Å². The third-order valence-corrected chi connectivity index (χ3v) is 4.11. The van der Waals surface area contributed by atoms with Crippen molar-refractivity contribution in [1.29, 1.82) is 0 Å². The number of nitrogens with zero attached hydrogens (tertiary/aromatic N) is 1. The molecule has 1 aliphatic heterocycles. The van der Waals surface area contributed by atoms with Crippen LogP contribution in [0.1, 0.15) is 19.3 Å². The molecule has 1 aliphatic carbocycles. The first-order valence-electron chi connectivity index (χ1n) is 7.24. The zero-order chi connectivity index (χ0) is 15.5. The van der Waals surface area contributed by atoms with Gasteiger partial charge in [-0.05, 0) is 13.0 Å². The standard InChI is InChI=1S/C13H23F3N2O3/c1-19-12-8-18(3-2-11(12)17)4-5-20-9-6-10(7-9)21-13(14,15)16/h9-12H,2-8,17H2,1H3/t9-,10+,11-,12-/m1/s1. The van der Waals surface area contributed by atoms with E-state index in [-0.39, 0.29) is 18.2 Å². The van der Waals surface area contributed by atoms with Crippen LogP contribution < -0.4 is 5.73 Å². The van der Waals surface area contributed by atoms with Gasteiger partial charge in [-0.3, -0.25) is 9.64 Å². The number of methoxy groups -OCH3 is 1. The van der Waals surface area contributed by atoms with E-state index in [1.807, 2.05) is 0 Å². The largest absolute Gasteiger partial charge is 0.522 e. The lowest BCUT2D eigenvalue weighted by Crippen LogP contribution is -2.52. The van der Waals surface area contributed by atoms with Crippen LogP contribution in [-0.4, -0.2) is 69.0 Å². The molecule has 5 nitrogen and oxygen atoms in total. The van der Waals surface area contributed by atoms with Gasteiger partial charge in [0, 0.05) is 39.1 Å². The number of alkyl halides is 3. The first-order chi connectivity index (χ1) is 9.87. The molecule has 8 heteroatoms. The molecule has 0 aromatic heterocycles. The van der Waals surface area contributed by atoms with Crippen molar-refractivity contribution in [2.45, 2.75) is 50.0 Å². The fourth-order valence-electron chi connectivity index (χ4n) is 2.74. The molecule has 124 valence electrons. The second-order valence-electron chi connectivity index (χ2n) is 5.68. The molecule has 0 aromatic rings. The molecule has 2 N–H and O–H groups in total. The summed E-state index contributed by atoms with van der Waals surface area (Å²) in [6, 6.07) is 0.0686. The second-order valence-corrected chi connectivity index (χ2v) is 5.68. The molecule has 21 heavy (non-hydrogen) atoms. The molecule has 0 amide bonds. The highest BCUT2D eigenvalue weighted by atomic mass is 19.4. The van der Waals surface area contributed by atoms with E-state index in [4.69, 9.17) is 15.2 Å². The molecule has 1 saturated carbocycles. The summed E-state index contributed by atoms with van der Waals surface area (Å²) in [5.74, 6) is 0. The summed E-state index contributed by atoms with van der Waals surface area (Å²) in [5, 5.41) is 0. The average Bonchev–Trinajstić information content (AvgIpc) is 2.36.